The highest BCUT2D eigenvalue weighted by Gasteiger charge is 2.34. The van der Waals surface area contributed by atoms with Crippen molar-refractivity contribution >= 4 is 6.03 Å². The van der Waals surface area contributed by atoms with Crippen LogP contribution in [0.15, 0.2) is 18.2 Å². The van der Waals surface area contributed by atoms with Crippen molar-refractivity contribution in [1.29, 1.82) is 0 Å². The Morgan fingerprint density at radius 2 is 2.04 bits per heavy atom. The van der Waals surface area contributed by atoms with E-state index in [-0.39, 0.29) is 30.2 Å². The Kier molecular flexibility index (Phi) is 5.01. The Morgan fingerprint density at radius 1 is 1.39 bits per heavy atom. The van der Waals surface area contributed by atoms with Gasteiger partial charge in [-0.25, -0.2) is 9.18 Å². The molecule has 0 radical (unpaired) electrons. The number of hydrogen-bond acceptors (Lipinski definition) is 2. The van der Waals surface area contributed by atoms with Crippen LogP contribution in [0.5, 0.6) is 5.75 Å². The summed E-state index contributed by atoms with van der Waals surface area (Å²) in [6, 6.07) is 2.75. The molecule has 1 N–H and O–H groups in total. The highest BCUT2D eigenvalue weighted by molar-refractivity contribution is 5.75. The van der Waals surface area contributed by atoms with Crippen molar-refractivity contribution in [3.63, 3.8) is 0 Å². The zero-order valence-corrected chi connectivity index (χ0v) is 12.8. The molecule has 1 saturated carbocycles. The van der Waals surface area contributed by atoms with Crippen molar-refractivity contribution in [1.82, 2.24) is 10.2 Å². The molecule has 0 spiro atoms. The first kappa shape index (κ1) is 17.4. The molecule has 1 fully saturated rings. The van der Waals surface area contributed by atoms with Crippen molar-refractivity contribution in [2.75, 3.05) is 0 Å². The molecule has 0 aromatic heterocycles. The van der Waals surface area contributed by atoms with Gasteiger partial charge in [-0.3, -0.25) is 0 Å². The third kappa shape index (κ3) is 5.01. The largest absolute Gasteiger partial charge is 0.573 e. The maximum absolute atomic E-state index is 13.8. The lowest BCUT2D eigenvalue weighted by atomic mass is 10.2. The molecule has 0 unspecified atom stereocenters. The van der Waals surface area contributed by atoms with E-state index in [9.17, 15) is 22.4 Å². The van der Waals surface area contributed by atoms with Gasteiger partial charge in [-0.2, -0.15) is 0 Å². The minimum Gasteiger partial charge on any atom is -0.406 e. The summed E-state index contributed by atoms with van der Waals surface area (Å²) in [5.41, 5.74) is 0.0902. The molecule has 23 heavy (non-hydrogen) atoms. The van der Waals surface area contributed by atoms with Crippen LogP contribution >= 0.6 is 0 Å². The van der Waals surface area contributed by atoms with Gasteiger partial charge in [0.15, 0.2) is 0 Å². The first-order valence-electron chi connectivity index (χ1n) is 7.27. The van der Waals surface area contributed by atoms with E-state index in [1.54, 1.807) is 4.90 Å². The van der Waals surface area contributed by atoms with Gasteiger partial charge in [0, 0.05) is 30.3 Å². The van der Waals surface area contributed by atoms with Gasteiger partial charge in [0.1, 0.15) is 11.6 Å². The smallest absolute Gasteiger partial charge is 0.406 e. The normalized spacial score (nSPS) is 14.7. The molecule has 2 rings (SSSR count). The molecule has 0 aliphatic heterocycles. The fourth-order valence-corrected chi connectivity index (χ4v) is 2.31. The van der Waals surface area contributed by atoms with Crippen molar-refractivity contribution in [3.05, 3.63) is 29.6 Å². The van der Waals surface area contributed by atoms with E-state index in [4.69, 9.17) is 0 Å². The maximum Gasteiger partial charge on any atom is 0.573 e. The number of rotatable bonds is 5. The van der Waals surface area contributed by atoms with Crippen molar-refractivity contribution in [2.24, 2.45) is 0 Å². The standard InChI is InChI=1S/C15H18F4N2O2/c1-9(2)21(11-4-5-11)14(22)20-8-10-3-6-12(7-13(10)16)23-15(17,18)19/h3,6-7,9,11H,4-5,8H2,1-2H3,(H,20,22). The number of amides is 2. The van der Waals surface area contributed by atoms with Crippen LogP contribution in [0.1, 0.15) is 32.3 Å². The summed E-state index contributed by atoms with van der Waals surface area (Å²) < 4.78 is 53.6. The molecule has 4 nitrogen and oxygen atoms in total. The number of nitrogens with one attached hydrogen (secondary N) is 1. The molecule has 0 atom stereocenters. The third-order valence-corrected chi connectivity index (χ3v) is 3.42. The fraction of sp³-hybridized carbons (Fsp3) is 0.533. The van der Waals surface area contributed by atoms with E-state index in [0.29, 0.717) is 6.07 Å². The van der Waals surface area contributed by atoms with Crippen molar-refractivity contribution in [2.45, 2.75) is 51.7 Å². The average molecular weight is 334 g/mol. The molecule has 1 aliphatic carbocycles. The number of nitrogens with zero attached hydrogens (tertiary/aromatic N) is 1. The van der Waals surface area contributed by atoms with E-state index in [0.717, 1.165) is 25.0 Å². The van der Waals surface area contributed by atoms with Crippen LogP contribution in [0.3, 0.4) is 0 Å². The molecule has 1 aromatic rings. The van der Waals surface area contributed by atoms with Crippen LogP contribution in [0.2, 0.25) is 0 Å². The van der Waals surface area contributed by atoms with Gasteiger partial charge in [0.05, 0.1) is 0 Å². The summed E-state index contributed by atoms with van der Waals surface area (Å²) in [6.45, 7) is 3.68. The Labute approximate surface area is 131 Å². The molecule has 0 bridgehead atoms. The van der Waals surface area contributed by atoms with E-state index in [1.165, 1.54) is 0 Å². The number of ether oxygens (including phenoxy) is 1. The Bertz CT molecular complexity index is 569. The first-order chi connectivity index (χ1) is 10.7. The monoisotopic (exact) mass is 334 g/mol. The fourth-order valence-electron chi connectivity index (χ4n) is 2.31. The molecule has 1 aromatic carbocycles. The zero-order valence-electron chi connectivity index (χ0n) is 12.8. The predicted molar refractivity (Wildman–Crippen MR) is 75.3 cm³/mol. The molecule has 2 amide bonds. The lowest BCUT2D eigenvalue weighted by molar-refractivity contribution is -0.274. The number of carbonyl (C=O) groups is 1. The Morgan fingerprint density at radius 3 is 2.52 bits per heavy atom. The molecule has 8 heteroatoms. The Balaban J connectivity index is 1.96. The summed E-state index contributed by atoms with van der Waals surface area (Å²) in [4.78, 5) is 13.8. The predicted octanol–water partition coefficient (Wildman–Crippen LogP) is 3.81. The summed E-state index contributed by atoms with van der Waals surface area (Å²) in [7, 11) is 0. The van der Waals surface area contributed by atoms with Gasteiger partial charge < -0.3 is 15.0 Å². The number of hydrogen-bond donors (Lipinski definition) is 1. The van der Waals surface area contributed by atoms with Gasteiger partial charge in [-0.1, -0.05) is 6.07 Å². The summed E-state index contributed by atoms with van der Waals surface area (Å²) in [6.07, 6.45) is -2.98. The van der Waals surface area contributed by atoms with Gasteiger partial charge in [-0.15, -0.1) is 13.2 Å². The number of benzene rings is 1. The van der Waals surface area contributed by atoms with Crippen molar-refractivity contribution < 1.29 is 27.1 Å². The van der Waals surface area contributed by atoms with Crippen LogP contribution in [0, 0.1) is 5.82 Å². The number of halogens is 4. The summed E-state index contributed by atoms with van der Waals surface area (Å²) in [5.74, 6) is -1.50. The minimum absolute atomic E-state index is 0.0231. The number of carbonyl (C=O) groups excluding carboxylic acids is 1. The highest BCUT2D eigenvalue weighted by atomic mass is 19.4. The first-order valence-corrected chi connectivity index (χ1v) is 7.27. The van der Waals surface area contributed by atoms with Crippen LogP contribution in [-0.4, -0.2) is 29.4 Å². The second-order valence-corrected chi connectivity index (χ2v) is 5.69. The number of urea groups is 1. The second-order valence-electron chi connectivity index (χ2n) is 5.69. The van der Waals surface area contributed by atoms with E-state index in [1.807, 2.05) is 13.8 Å². The molecular weight excluding hydrogens is 316 g/mol. The molecule has 1 aliphatic rings. The maximum atomic E-state index is 13.8. The van der Waals surface area contributed by atoms with Crippen molar-refractivity contribution in [3.8, 4) is 5.75 Å². The number of alkyl halides is 3. The van der Waals surface area contributed by atoms with Crippen LogP contribution in [0.25, 0.3) is 0 Å². The molecule has 128 valence electrons. The average Bonchev–Trinajstić information content (AvgIpc) is 3.20. The zero-order chi connectivity index (χ0) is 17.2. The Hall–Kier alpha value is -1.99. The summed E-state index contributed by atoms with van der Waals surface area (Å²) in [5, 5.41) is 2.59. The van der Waals surface area contributed by atoms with Gasteiger partial charge in [-0.05, 0) is 32.8 Å². The molecular formula is C15H18F4N2O2. The van der Waals surface area contributed by atoms with Crippen LogP contribution < -0.4 is 10.1 Å². The molecule has 0 heterocycles. The van der Waals surface area contributed by atoms with Gasteiger partial charge in [0.25, 0.3) is 0 Å². The highest BCUT2D eigenvalue weighted by Crippen LogP contribution is 2.29. The lowest BCUT2D eigenvalue weighted by Crippen LogP contribution is -2.45. The quantitative estimate of drug-likeness (QED) is 0.832. The van der Waals surface area contributed by atoms with Crippen LogP contribution in [-0.2, 0) is 6.54 Å². The third-order valence-electron chi connectivity index (χ3n) is 3.42. The van der Waals surface area contributed by atoms with E-state index in [2.05, 4.69) is 10.1 Å². The lowest BCUT2D eigenvalue weighted by Gasteiger charge is -2.26. The molecule has 0 saturated heterocycles. The minimum atomic E-state index is -4.87. The van der Waals surface area contributed by atoms with E-state index >= 15 is 0 Å². The van der Waals surface area contributed by atoms with Gasteiger partial charge in [0.2, 0.25) is 0 Å². The SMILES string of the molecule is CC(C)N(C(=O)NCc1ccc(OC(F)(F)F)cc1F)C1CC1. The topological polar surface area (TPSA) is 41.6 Å². The summed E-state index contributed by atoms with van der Waals surface area (Å²) >= 11 is 0. The van der Waals surface area contributed by atoms with E-state index < -0.39 is 17.9 Å². The second kappa shape index (κ2) is 6.64. The van der Waals surface area contributed by atoms with Gasteiger partial charge >= 0.3 is 12.4 Å². The van der Waals surface area contributed by atoms with Crippen LogP contribution in [0.4, 0.5) is 22.4 Å².